The van der Waals surface area contributed by atoms with Crippen molar-refractivity contribution < 1.29 is 4.79 Å². The molecule has 0 unspecified atom stereocenters. The van der Waals surface area contributed by atoms with Gasteiger partial charge < -0.3 is 10.2 Å². The first-order valence-corrected chi connectivity index (χ1v) is 6.55. The fraction of sp³-hybridized carbons (Fsp3) is 0.923. The highest BCUT2D eigenvalue weighted by Gasteiger charge is 2.20. The van der Waals surface area contributed by atoms with E-state index in [1.54, 1.807) is 0 Å². The second kappa shape index (κ2) is 6.36. The fourth-order valence-electron chi connectivity index (χ4n) is 2.17. The number of carbonyl (C=O) groups is 1. The summed E-state index contributed by atoms with van der Waals surface area (Å²) in [5.41, 5.74) is 0.171. The van der Waals surface area contributed by atoms with Gasteiger partial charge in [0.25, 0.3) is 0 Å². The molecule has 0 aromatic heterocycles. The van der Waals surface area contributed by atoms with E-state index >= 15 is 0 Å². The van der Waals surface area contributed by atoms with Crippen LogP contribution in [0.3, 0.4) is 0 Å². The van der Waals surface area contributed by atoms with Crippen molar-refractivity contribution in [3.8, 4) is 0 Å². The summed E-state index contributed by atoms with van der Waals surface area (Å²) < 4.78 is 0. The maximum atomic E-state index is 12.1. The number of nitrogens with one attached hydrogen (secondary N) is 1. The molecule has 0 spiro atoms. The summed E-state index contributed by atoms with van der Waals surface area (Å²) >= 11 is 0. The van der Waals surface area contributed by atoms with E-state index in [1.165, 1.54) is 0 Å². The largest absolute Gasteiger partial charge is 0.344 e. The number of hydrogen-bond donors (Lipinski definition) is 1. The number of likely N-dealkylation sites (N-methyl/N-ethyl adjacent to an activating group) is 1. The van der Waals surface area contributed by atoms with Crippen LogP contribution < -0.4 is 5.32 Å². The van der Waals surface area contributed by atoms with Gasteiger partial charge >= 0.3 is 0 Å². The first kappa shape index (κ1) is 14.5. The zero-order valence-corrected chi connectivity index (χ0v) is 11.8. The van der Waals surface area contributed by atoms with E-state index in [0.29, 0.717) is 6.54 Å². The van der Waals surface area contributed by atoms with E-state index in [1.807, 2.05) is 11.9 Å². The average molecular weight is 241 g/mol. The summed E-state index contributed by atoms with van der Waals surface area (Å²) in [6.45, 7) is 11.9. The molecule has 1 rings (SSSR count). The van der Waals surface area contributed by atoms with Crippen molar-refractivity contribution in [3.63, 3.8) is 0 Å². The Labute approximate surface area is 105 Å². The second-order valence-electron chi connectivity index (χ2n) is 6.19. The van der Waals surface area contributed by atoms with E-state index < -0.39 is 0 Å². The molecule has 0 atom stereocenters. The molecule has 1 N–H and O–H groups in total. The zero-order valence-electron chi connectivity index (χ0n) is 11.8. The van der Waals surface area contributed by atoms with Crippen molar-refractivity contribution in [1.29, 1.82) is 0 Å². The van der Waals surface area contributed by atoms with Crippen LogP contribution in [-0.2, 0) is 4.79 Å². The van der Waals surface area contributed by atoms with Gasteiger partial charge in [-0.25, -0.2) is 0 Å². The Balaban J connectivity index is 2.36. The van der Waals surface area contributed by atoms with Crippen molar-refractivity contribution in [2.45, 2.75) is 27.2 Å². The monoisotopic (exact) mass is 241 g/mol. The van der Waals surface area contributed by atoms with E-state index in [4.69, 9.17) is 0 Å². The Hall–Kier alpha value is -0.610. The highest BCUT2D eigenvalue weighted by atomic mass is 16.2. The molecule has 1 heterocycles. The maximum absolute atomic E-state index is 12.1. The molecule has 1 aliphatic heterocycles. The van der Waals surface area contributed by atoms with E-state index in [0.717, 1.165) is 39.1 Å². The molecule has 0 bridgehead atoms. The molecule has 1 aliphatic rings. The molecule has 0 aromatic rings. The fourth-order valence-corrected chi connectivity index (χ4v) is 2.17. The zero-order chi connectivity index (χ0) is 12.9. The molecule has 0 aliphatic carbocycles. The lowest BCUT2D eigenvalue weighted by molar-refractivity contribution is -0.132. The van der Waals surface area contributed by atoms with Crippen LogP contribution in [0.5, 0.6) is 0 Å². The molecule has 1 saturated heterocycles. The molecule has 4 nitrogen and oxygen atoms in total. The van der Waals surface area contributed by atoms with Crippen molar-refractivity contribution >= 4 is 5.91 Å². The number of rotatable bonds is 3. The lowest BCUT2D eigenvalue weighted by Gasteiger charge is -2.29. The van der Waals surface area contributed by atoms with Gasteiger partial charge in [-0.3, -0.25) is 9.69 Å². The van der Waals surface area contributed by atoms with Gasteiger partial charge in [0.1, 0.15) is 0 Å². The Morgan fingerprint density at radius 2 is 2.00 bits per heavy atom. The molecular formula is C13H27N3O. The smallest absolute Gasteiger partial charge is 0.236 e. The normalized spacial score (nSPS) is 18.8. The molecule has 17 heavy (non-hydrogen) atoms. The SMILES string of the molecule is CN(CC(C)(C)C)C(=O)CN1CCCNCC1. The Morgan fingerprint density at radius 3 is 2.65 bits per heavy atom. The Kier molecular flexibility index (Phi) is 5.40. The molecule has 0 aromatic carbocycles. The first-order valence-electron chi connectivity index (χ1n) is 6.55. The second-order valence-corrected chi connectivity index (χ2v) is 6.19. The topological polar surface area (TPSA) is 35.6 Å². The Morgan fingerprint density at radius 1 is 1.29 bits per heavy atom. The number of hydrogen-bond acceptors (Lipinski definition) is 3. The van der Waals surface area contributed by atoms with Crippen LogP contribution in [0.15, 0.2) is 0 Å². The average Bonchev–Trinajstić information content (AvgIpc) is 2.43. The standard InChI is InChI=1S/C13H27N3O/c1-13(2,3)11-15(4)12(17)10-16-8-5-6-14-7-9-16/h14H,5-11H2,1-4H3. The minimum atomic E-state index is 0.171. The molecule has 0 radical (unpaired) electrons. The molecule has 100 valence electrons. The van der Waals surface area contributed by atoms with Crippen LogP contribution in [0.2, 0.25) is 0 Å². The van der Waals surface area contributed by atoms with Gasteiger partial charge in [-0.15, -0.1) is 0 Å². The summed E-state index contributed by atoms with van der Waals surface area (Å²) in [6, 6.07) is 0. The third kappa shape index (κ3) is 6.03. The number of amides is 1. The number of nitrogens with zero attached hydrogens (tertiary/aromatic N) is 2. The minimum Gasteiger partial charge on any atom is -0.344 e. The van der Waals surface area contributed by atoms with Gasteiger partial charge in [-0.05, 0) is 24.9 Å². The van der Waals surface area contributed by atoms with Gasteiger partial charge in [0, 0.05) is 26.7 Å². The summed E-state index contributed by atoms with van der Waals surface area (Å²) in [5, 5.41) is 3.35. The summed E-state index contributed by atoms with van der Waals surface area (Å²) in [5.74, 6) is 0.238. The van der Waals surface area contributed by atoms with Crippen LogP contribution in [0.25, 0.3) is 0 Å². The summed E-state index contributed by atoms with van der Waals surface area (Å²) in [4.78, 5) is 16.2. The molecule has 4 heteroatoms. The molecule has 1 amide bonds. The summed E-state index contributed by atoms with van der Waals surface area (Å²) in [6.07, 6.45) is 1.14. The lowest BCUT2D eigenvalue weighted by atomic mass is 9.96. The van der Waals surface area contributed by atoms with Crippen molar-refractivity contribution in [1.82, 2.24) is 15.1 Å². The van der Waals surface area contributed by atoms with Crippen LogP contribution in [-0.4, -0.2) is 62.0 Å². The van der Waals surface area contributed by atoms with E-state index in [9.17, 15) is 4.79 Å². The van der Waals surface area contributed by atoms with Gasteiger partial charge in [-0.2, -0.15) is 0 Å². The van der Waals surface area contributed by atoms with Crippen LogP contribution >= 0.6 is 0 Å². The predicted octanol–water partition coefficient (Wildman–Crippen LogP) is 0.786. The highest BCUT2D eigenvalue weighted by Crippen LogP contribution is 2.14. The summed E-state index contributed by atoms with van der Waals surface area (Å²) in [7, 11) is 1.91. The van der Waals surface area contributed by atoms with Gasteiger partial charge in [0.05, 0.1) is 6.54 Å². The molecular weight excluding hydrogens is 214 g/mol. The number of carbonyl (C=O) groups excluding carboxylic acids is 1. The van der Waals surface area contributed by atoms with E-state index in [-0.39, 0.29) is 11.3 Å². The predicted molar refractivity (Wildman–Crippen MR) is 71.0 cm³/mol. The Bertz CT molecular complexity index is 240. The van der Waals surface area contributed by atoms with Crippen LogP contribution in [0.4, 0.5) is 0 Å². The van der Waals surface area contributed by atoms with Crippen molar-refractivity contribution in [2.24, 2.45) is 5.41 Å². The van der Waals surface area contributed by atoms with Gasteiger partial charge in [0.15, 0.2) is 0 Å². The third-order valence-electron chi connectivity index (χ3n) is 2.93. The quantitative estimate of drug-likeness (QED) is 0.793. The molecule has 0 saturated carbocycles. The molecule has 1 fully saturated rings. The van der Waals surface area contributed by atoms with Crippen LogP contribution in [0, 0.1) is 5.41 Å². The van der Waals surface area contributed by atoms with Crippen molar-refractivity contribution in [3.05, 3.63) is 0 Å². The van der Waals surface area contributed by atoms with Crippen molar-refractivity contribution in [2.75, 3.05) is 46.3 Å². The van der Waals surface area contributed by atoms with E-state index in [2.05, 4.69) is 31.0 Å². The third-order valence-corrected chi connectivity index (χ3v) is 2.93. The minimum absolute atomic E-state index is 0.171. The lowest BCUT2D eigenvalue weighted by Crippen LogP contribution is -2.42. The van der Waals surface area contributed by atoms with Gasteiger partial charge in [0.2, 0.25) is 5.91 Å². The first-order chi connectivity index (χ1) is 7.88. The van der Waals surface area contributed by atoms with Gasteiger partial charge in [-0.1, -0.05) is 20.8 Å². The van der Waals surface area contributed by atoms with Crippen LogP contribution in [0.1, 0.15) is 27.2 Å². The highest BCUT2D eigenvalue weighted by molar-refractivity contribution is 5.78. The maximum Gasteiger partial charge on any atom is 0.236 e.